The second kappa shape index (κ2) is 13.2. The van der Waals surface area contributed by atoms with Gasteiger partial charge in [-0.3, -0.25) is 9.69 Å². The van der Waals surface area contributed by atoms with E-state index in [9.17, 15) is 4.79 Å². The topological polar surface area (TPSA) is 45.3 Å². The molecule has 1 saturated heterocycles. The van der Waals surface area contributed by atoms with Gasteiger partial charge >= 0.3 is 0 Å². The zero-order valence-electron chi connectivity index (χ0n) is 21.1. The van der Waals surface area contributed by atoms with Crippen molar-refractivity contribution in [1.82, 2.24) is 9.80 Å². The highest BCUT2D eigenvalue weighted by Gasteiger charge is 2.19. The minimum atomic E-state index is 0.0452. The normalized spacial score (nSPS) is 14.2. The van der Waals surface area contributed by atoms with Gasteiger partial charge in [-0.15, -0.1) is 0 Å². The van der Waals surface area contributed by atoms with Crippen LogP contribution in [0.2, 0.25) is 0 Å². The van der Waals surface area contributed by atoms with Crippen molar-refractivity contribution in [2.75, 3.05) is 50.7 Å². The van der Waals surface area contributed by atoms with Crippen LogP contribution in [-0.2, 0) is 11.3 Å². The second-order valence-electron chi connectivity index (χ2n) is 8.77. The van der Waals surface area contributed by atoms with Gasteiger partial charge in [0.15, 0.2) is 6.61 Å². The molecule has 1 heterocycles. The SMILES string of the molecule is CCOc1ccc(SN(C)c2ccc(OCC(=O)N3CCCN(Cc4ccccc4)CC3)cc2)cc1. The van der Waals surface area contributed by atoms with Crippen LogP contribution in [0.15, 0.2) is 83.8 Å². The lowest BCUT2D eigenvalue weighted by Gasteiger charge is -2.22. The van der Waals surface area contributed by atoms with Gasteiger partial charge in [0.2, 0.25) is 0 Å². The first-order chi connectivity index (χ1) is 17.6. The van der Waals surface area contributed by atoms with E-state index < -0.39 is 0 Å². The van der Waals surface area contributed by atoms with Crippen LogP contribution >= 0.6 is 11.9 Å². The summed E-state index contributed by atoms with van der Waals surface area (Å²) in [5, 5.41) is 0. The lowest BCUT2D eigenvalue weighted by Crippen LogP contribution is -2.38. The van der Waals surface area contributed by atoms with E-state index in [0.717, 1.165) is 55.5 Å². The largest absolute Gasteiger partial charge is 0.494 e. The summed E-state index contributed by atoms with van der Waals surface area (Å²) in [7, 11) is 2.03. The van der Waals surface area contributed by atoms with Crippen molar-refractivity contribution in [3.8, 4) is 11.5 Å². The Morgan fingerprint density at radius 2 is 1.56 bits per heavy atom. The Morgan fingerprint density at radius 1 is 0.861 bits per heavy atom. The number of amides is 1. The first kappa shape index (κ1) is 25.9. The van der Waals surface area contributed by atoms with Gasteiger partial charge in [0, 0.05) is 50.4 Å². The Morgan fingerprint density at radius 3 is 2.28 bits per heavy atom. The average Bonchev–Trinajstić information content (AvgIpc) is 3.15. The maximum Gasteiger partial charge on any atom is 0.260 e. The van der Waals surface area contributed by atoms with Crippen LogP contribution in [0, 0.1) is 0 Å². The number of rotatable bonds is 10. The van der Waals surface area contributed by atoms with Crippen LogP contribution < -0.4 is 13.8 Å². The summed E-state index contributed by atoms with van der Waals surface area (Å²) in [5.74, 6) is 1.63. The van der Waals surface area contributed by atoms with Crippen molar-refractivity contribution >= 4 is 23.5 Å². The first-order valence-corrected chi connectivity index (χ1v) is 13.3. The third-order valence-electron chi connectivity index (χ3n) is 6.13. The van der Waals surface area contributed by atoms with Gasteiger partial charge in [-0.25, -0.2) is 0 Å². The molecule has 0 saturated carbocycles. The molecule has 0 radical (unpaired) electrons. The first-order valence-electron chi connectivity index (χ1n) is 12.5. The van der Waals surface area contributed by atoms with Crippen LogP contribution in [0.4, 0.5) is 5.69 Å². The molecule has 1 fully saturated rings. The predicted octanol–water partition coefficient (Wildman–Crippen LogP) is 5.34. The van der Waals surface area contributed by atoms with Gasteiger partial charge in [-0.2, -0.15) is 0 Å². The molecular weight excluding hydrogens is 470 g/mol. The van der Waals surface area contributed by atoms with Crippen molar-refractivity contribution in [3.05, 3.63) is 84.4 Å². The Bertz CT molecular complexity index is 1080. The molecule has 0 aliphatic carbocycles. The van der Waals surface area contributed by atoms with Gasteiger partial charge < -0.3 is 18.7 Å². The minimum Gasteiger partial charge on any atom is -0.494 e. The quantitative estimate of drug-likeness (QED) is 0.347. The van der Waals surface area contributed by atoms with Gasteiger partial charge in [0.25, 0.3) is 5.91 Å². The summed E-state index contributed by atoms with van der Waals surface area (Å²) in [6.45, 7) is 7.04. The number of nitrogens with zero attached hydrogens (tertiary/aromatic N) is 3. The second-order valence-corrected chi connectivity index (χ2v) is 9.97. The van der Waals surface area contributed by atoms with Gasteiger partial charge in [0.05, 0.1) is 6.61 Å². The molecule has 0 atom stereocenters. The molecule has 0 bridgehead atoms. The van der Waals surface area contributed by atoms with Crippen LogP contribution in [0.3, 0.4) is 0 Å². The van der Waals surface area contributed by atoms with Gasteiger partial charge in [-0.05, 0) is 79.4 Å². The van der Waals surface area contributed by atoms with Crippen LogP contribution in [-0.4, -0.2) is 62.1 Å². The van der Waals surface area contributed by atoms with Crippen molar-refractivity contribution in [2.24, 2.45) is 0 Å². The number of hydrogen-bond donors (Lipinski definition) is 0. The third kappa shape index (κ3) is 7.67. The molecule has 1 aliphatic heterocycles. The molecule has 0 N–H and O–H groups in total. The Labute approximate surface area is 218 Å². The number of hydrogen-bond acceptors (Lipinski definition) is 6. The molecule has 7 heteroatoms. The van der Waals surface area contributed by atoms with E-state index >= 15 is 0 Å². The van der Waals surface area contributed by atoms with E-state index in [1.807, 2.05) is 61.3 Å². The molecule has 3 aromatic rings. The summed E-state index contributed by atoms with van der Waals surface area (Å²) in [6, 6.07) is 26.4. The van der Waals surface area contributed by atoms with Gasteiger partial charge in [-0.1, -0.05) is 30.3 Å². The highest BCUT2D eigenvalue weighted by atomic mass is 32.2. The van der Waals surface area contributed by atoms with Crippen LogP contribution in [0.5, 0.6) is 11.5 Å². The lowest BCUT2D eigenvalue weighted by molar-refractivity contribution is -0.133. The van der Waals surface area contributed by atoms with Crippen molar-refractivity contribution in [2.45, 2.75) is 24.8 Å². The van der Waals surface area contributed by atoms with E-state index in [4.69, 9.17) is 9.47 Å². The van der Waals surface area contributed by atoms with Crippen molar-refractivity contribution < 1.29 is 14.3 Å². The summed E-state index contributed by atoms with van der Waals surface area (Å²) in [5.41, 5.74) is 2.37. The summed E-state index contributed by atoms with van der Waals surface area (Å²) in [6.07, 6.45) is 0.978. The molecule has 36 heavy (non-hydrogen) atoms. The number of ether oxygens (including phenoxy) is 2. The van der Waals surface area contributed by atoms with E-state index in [-0.39, 0.29) is 12.5 Å². The predicted molar refractivity (Wildman–Crippen MR) is 147 cm³/mol. The fourth-order valence-corrected chi connectivity index (χ4v) is 4.98. The van der Waals surface area contributed by atoms with Crippen molar-refractivity contribution in [3.63, 3.8) is 0 Å². The molecular formula is C29H35N3O3S. The molecule has 3 aromatic carbocycles. The number of benzene rings is 3. The average molecular weight is 506 g/mol. The Kier molecular flexibility index (Phi) is 9.53. The molecule has 0 unspecified atom stereocenters. The zero-order chi connectivity index (χ0) is 25.2. The van der Waals surface area contributed by atoms with E-state index in [2.05, 4.69) is 45.6 Å². The van der Waals surface area contributed by atoms with Gasteiger partial charge in [0.1, 0.15) is 11.5 Å². The lowest BCUT2D eigenvalue weighted by atomic mass is 10.2. The third-order valence-corrected chi connectivity index (χ3v) is 7.10. The monoisotopic (exact) mass is 505 g/mol. The van der Waals surface area contributed by atoms with E-state index in [1.54, 1.807) is 11.9 Å². The maximum absolute atomic E-state index is 12.8. The Hall–Kier alpha value is -3.16. The molecule has 4 rings (SSSR count). The molecule has 0 spiro atoms. The number of carbonyl (C=O) groups excluding carboxylic acids is 1. The zero-order valence-corrected chi connectivity index (χ0v) is 22.0. The highest BCUT2D eigenvalue weighted by Crippen LogP contribution is 2.29. The summed E-state index contributed by atoms with van der Waals surface area (Å²) < 4.78 is 13.4. The minimum absolute atomic E-state index is 0.0452. The number of anilines is 1. The fourth-order valence-electron chi connectivity index (χ4n) is 4.18. The Balaban J connectivity index is 1.22. The molecule has 0 aromatic heterocycles. The van der Waals surface area contributed by atoms with Crippen molar-refractivity contribution in [1.29, 1.82) is 0 Å². The van der Waals surface area contributed by atoms with E-state index in [0.29, 0.717) is 12.4 Å². The molecule has 6 nitrogen and oxygen atoms in total. The summed E-state index contributed by atoms with van der Waals surface area (Å²) >= 11 is 1.64. The van der Waals surface area contributed by atoms with E-state index in [1.165, 1.54) is 5.56 Å². The summed E-state index contributed by atoms with van der Waals surface area (Å²) in [4.78, 5) is 18.3. The highest BCUT2D eigenvalue weighted by molar-refractivity contribution is 8.00. The molecule has 1 aliphatic rings. The number of carbonyl (C=O) groups is 1. The molecule has 190 valence electrons. The van der Waals surface area contributed by atoms with Crippen LogP contribution in [0.1, 0.15) is 18.9 Å². The standard InChI is InChI=1S/C29H35N3O3S/c1-3-34-26-14-16-28(17-15-26)36-30(2)25-10-12-27(13-11-25)35-23-29(33)32-19-7-18-31(20-21-32)22-24-8-5-4-6-9-24/h4-6,8-17H,3,7,18-23H2,1-2H3. The fraction of sp³-hybridized carbons (Fsp3) is 0.345. The molecule has 1 amide bonds. The smallest absolute Gasteiger partial charge is 0.260 e. The maximum atomic E-state index is 12.8. The van der Waals surface area contributed by atoms with Crippen LogP contribution in [0.25, 0.3) is 0 Å².